The van der Waals surface area contributed by atoms with E-state index >= 15 is 0 Å². The maximum absolute atomic E-state index is 11.6. The predicted molar refractivity (Wildman–Crippen MR) is 75.6 cm³/mol. The Hall–Kier alpha value is -2.40. The fourth-order valence-electron chi connectivity index (χ4n) is 1.68. The smallest absolute Gasteiger partial charge is 0.281 e. The van der Waals surface area contributed by atoms with Crippen molar-refractivity contribution in [1.29, 1.82) is 0 Å². The number of hydrogen-bond acceptors (Lipinski definition) is 4. The third-order valence-corrected chi connectivity index (χ3v) is 3.42. The normalized spacial score (nSPS) is 11.2. The topological polar surface area (TPSA) is 54.6 Å². The summed E-state index contributed by atoms with van der Waals surface area (Å²) in [6.07, 6.45) is 1.49. The molecule has 19 heavy (non-hydrogen) atoms. The van der Waals surface area contributed by atoms with Gasteiger partial charge in [-0.05, 0) is 23.6 Å². The van der Waals surface area contributed by atoms with Crippen LogP contribution < -0.4 is 5.43 Å². The van der Waals surface area contributed by atoms with Gasteiger partial charge in [-0.2, -0.15) is 5.10 Å². The van der Waals surface area contributed by atoms with Crippen molar-refractivity contribution in [3.63, 3.8) is 0 Å². The highest BCUT2D eigenvalue weighted by Gasteiger charge is 2.04. The molecule has 0 saturated heterocycles. The zero-order valence-corrected chi connectivity index (χ0v) is 10.7. The SMILES string of the molecule is O=C(NN=Cc1cc2ccccc2o1)c1cccs1. The van der Waals surface area contributed by atoms with Crippen LogP contribution in [0.15, 0.2) is 57.4 Å². The van der Waals surface area contributed by atoms with Gasteiger partial charge in [0.2, 0.25) is 0 Å². The fraction of sp³-hybridized carbons (Fsp3) is 0. The van der Waals surface area contributed by atoms with E-state index in [1.165, 1.54) is 17.6 Å². The Morgan fingerprint density at radius 1 is 1.26 bits per heavy atom. The van der Waals surface area contributed by atoms with Crippen LogP contribution >= 0.6 is 11.3 Å². The molecule has 0 atom stereocenters. The highest BCUT2D eigenvalue weighted by atomic mass is 32.1. The molecule has 2 heterocycles. The molecule has 4 nitrogen and oxygen atoms in total. The monoisotopic (exact) mass is 270 g/mol. The van der Waals surface area contributed by atoms with Gasteiger partial charge in [0, 0.05) is 5.39 Å². The highest BCUT2D eigenvalue weighted by molar-refractivity contribution is 7.12. The summed E-state index contributed by atoms with van der Waals surface area (Å²) in [5, 5.41) is 6.73. The Morgan fingerprint density at radius 2 is 2.16 bits per heavy atom. The number of furan rings is 1. The van der Waals surface area contributed by atoms with Crippen molar-refractivity contribution in [2.24, 2.45) is 5.10 Å². The number of nitrogens with zero attached hydrogens (tertiary/aromatic N) is 1. The van der Waals surface area contributed by atoms with Crippen molar-refractivity contribution in [1.82, 2.24) is 5.43 Å². The molecule has 0 fully saturated rings. The third kappa shape index (κ3) is 2.56. The number of hydrazone groups is 1. The van der Waals surface area contributed by atoms with Crippen LogP contribution in [0.2, 0.25) is 0 Å². The molecule has 0 radical (unpaired) electrons. The molecule has 1 N–H and O–H groups in total. The van der Waals surface area contributed by atoms with E-state index in [0.717, 1.165) is 11.0 Å². The molecule has 0 spiro atoms. The van der Waals surface area contributed by atoms with Crippen molar-refractivity contribution >= 4 is 34.4 Å². The summed E-state index contributed by atoms with van der Waals surface area (Å²) in [6.45, 7) is 0. The van der Waals surface area contributed by atoms with Gasteiger partial charge in [-0.15, -0.1) is 11.3 Å². The summed E-state index contributed by atoms with van der Waals surface area (Å²) in [5.41, 5.74) is 3.26. The average Bonchev–Trinajstić information content (AvgIpc) is 3.07. The van der Waals surface area contributed by atoms with Crippen LogP contribution in [-0.2, 0) is 0 Å². The minimum atomic E-state index is -0.220. The van der Waals surface area contributed by atoms with Crippen molar-refractivity contribution in [3.8, 4) is 0 Å². The van der Waals surface area contributed by atoms with Gasteiger partial charge < -0.3 is 4.42 Å². The molecule has 1 amide bonds. The minimum Gasteiger partial charge on any atom is -0.455 e. The summed E-state index contributed by atoms with van der Waals surface area (Å²) in [7, 11) is 0. The number of nitrogens with one attached hydrogen (secondary N) is 1. The molecular formula is C14H10N2O2S. The lowest BCUT2D eigenvalue weighted by Crippen LogP contribution is -2.15. The van der Waals surface area contributed by atoms with Gasteiger partial charge in [0.25, 0.3) is 5.91 Å². The third-order valence-electron chi connectivity index (χ3n) is 2.55. The van der Waals surface area contributed by atoms with Crippen LogP contribution in [0.1, 0.15) is 15.4 Å². The number of benzene rings is 1. The van der Waals surface area contributed by atoms with Crippen molar-refractivity contribution in [2.75, 3.05) is 0 Å². The molecule has 94 valence electrons. The standard InChI is InChI=1S/C14H10N2O2S/c17-14(13-6-3-7-19-13)16-15-9-11-8-10-4-1-2-5-12(10)18-11/h1-9H,(H,16,17). The van der Waals surface area contributed by atoms with Gasteiger partial charge in [-0.3, -0.25) is 4.79 Å². The number of rotatable bonds is 3. The summed E-state index contributed by atoms with van der Waals surface area (Å²) >= 11 is 1.37. The fourth-order valence-corrected chi connectivity index (χ4v) is 2.30. The largest absolute Gasteiger partial charge is 0.455 e. The Labute approximate surface area is 113 Å². The molecule has 0 unspecified atom stereocenters. The second kappa shape index (κ2) is 5.07. The predicted octanol–water partition coefficient (Wildman–Crippen LogP) is 3.26. The molecule has 0 aliphatic rings. The van der Waals surface area contributed by atoms with Gasteiger partial charge in [0.05, 0.1) is 11.1 Å². The van der Waals surface area contributed by atoms with Crippen LogP contribution in [-0.4, -0.2) is 12.1 Å². The summed E-state index contributed by atoms with van der Waals surface area (Å²) in [5.74, 6) is 0.384. The first kappa shape index (κ1) is 11.7. The first-order valence-electron chi connectivity index (χ1n) is 5.68. The zero-order chi connectivity index (χ0) is 13.1. The van der Waals surface area contributed by atoms with Gasteiger partial charge >= 0.3 is 0 Å². The Kier molecular flexibility index (Phi) is 3.12. The lowest BCUT2D eigenvalue weighted by molar-refractivity contribution is 0.0959. The molecule has 0 aliphatic heterocycles. The summed E-state index contributed by atoms with van der Waals surface area (Å²) in [6, 6.07) is 13.1. The van der Waals surface area contributed by atoms with E-state index in [4.69, 9.17) is 4.42 Å². The van der Waals surface area contributed by atoms with Gasteiger partial charge in [-0.25, -0.2) is 5.43 Å². The maximum atomic E-state index is 11.6. The van der Waals surface area contributed by atoms with Crippen molar-refractivity contribution < 1.29 is 9.21 Å². The minimum absolute atomic E-state index is 0.220. The van der Waals surface area contributed by atoms with E-state index in [0.29, 0.717) is 10.6 Å². The highest BCUT2D eigenvalue weighted by Crippen LogP contribution is 2.17. The average molecular weight is 270 g/mol. The van der Waals surface area contributed by atoms with E-state index in [1.54, 1.807) is 6.07 Å². The van der Waals surface area contributed by atoms with Gasteiger partial charge in [-0.1, -0.05) is 24.3 Å². The van der Waals surface area contributed by atoms with E-state index in [1.807, 2.05) is 41.8 Å². The number of thiophene rings is 1. The van der Waals surface area contributed by atoms with Crippen LogP contribution in [0.3, 0.4) is 0 Å². The zero-order valence-electron chi connectivity index (χ0n) is 9.87. The summed E-state index contributed by atoms with van der Waals surface area (Å²) < 4.78 is 5.54. The molecule has 3 aromatic rings. The van der Waals surface area contributed by atoms with E-state index in [9.17, 15) is 4.79 Å². The molecular weight excluding hydrogens is 260 g/mol. The molecule has 0 bridgehead atoms. The first-order valence-corrected chi connectivity index (χ1v) is 6.56. The Bertz CT molecular complexity index is 696. The van der Waals surface area contributed by atoms with E-state index in [2.05, 4.69) is 10.5 Å². The Balaban J connectivity index is 1.71. The number of carbonyl (C=O) groups excluding carboxylic acids is 1. The second-order valence-corrected chi connectivity index (χ2v) is 4.81. The van der Waals surface area contributed by atoms with Crippen molar-refractivity contribution in [2.45, 2.75) is 0 Å². The molecule has 0 saturated carbocycles. The number of para-hydroxylation sites is 1. The van der Waals surface area contributed by atoms with Crippen LogP contribution in [0.25, 0.3) is 11.0 Å². The van der Waals surface area contributed by atoms with E-state index in [-0.39, 0.29) is 5.91 Å². The summed E-state index contributed by atoms with van der Waals surface area (Å²) in [4.78, 5) is 12.2. The first-order chi connectivity index (χ1) is 9.33. The van der Waals surface area contributed by atoms with Gasteiger partial charge in [0.15, 0.2) is 0 Å². The van der Waals surface area contributed by atoms with Crippen LogP contribution in [0, 0.1) is 0 Å². The molecule has 0 aliphatic carbocycles. The van der Waals surface area contributed by atoms with Gasteiger partial charge in [0.1, 0.15) is 11.3 Å². The molecule has 5 heteroatoms. The lowest BCUT2D eigenvalue weighted by Gasteiger charge is -1.93. The Morgan fingerprint density at radius 3 is 2.95 bits per heavy atom. The van der Waals surface area contributed by atoms with Crippen molar-refractivity contribution in [3.05, 3.63) is 58.5 Å². The number of fused-ring (bicyclic) bond motifs is 1. The molecule has 1 aromatic carbocycles. The molecule has 3 rings (SSSR count). The number of amides is 1. The quantitative estimate of drug-likeness (QED) is 0.586. The van der Waals surface area contributed by atoms with Crippen LogP contribution in [0.4, 0.5) is 0 Å². The van der Waals surface area contributed by atoms with E-state index < -0.39 is 0 Å². The second-order valence-electron chi connectivity index (χ2n) is 3.86. The number of hydrogen-bond donors (Lipinski definition) is 1. The maximum Gasteiger partial charge on any atom is 0.281 e. The molecule has 2 aromatic heterocycles. The van der Waals surface area contributed by atoms with Crippen LogP contribution in [0.5, 0.6) is 0 Å². The number of carbonyl (C=O) groups is 1. The lowest BCUT2D eigenvalue weighted by atomic mass is 10.2.